The fourth-order valence-corrected chi connectivity index (χ4v) is 1.96. The molecule has 0 amide bonds. The number of nitrogens with one attached hydrogen (secondary N) is 1. The van der Waals surface area contributed by atoms with Gasteiger partial charge in [0.25, 0.3) is 0 Å². The van der Waals surface area contributed by atoms with E-state index in [1.165, 1.54) is 12.1 Å². The summed E-state index contributed by atoms with van der Waals surface area (Å²) >= 11 is 0. The van der Waals surface area contributed by atoms with Crippen molar-refractivity contribution in [1.29, 1.82) is 0 Å². The van der Waals surface area contributed by atoms with Crippen LogP contribution in [-0.2, 0) is 0 Å². The van der Waals surface area contributed by atoms with Crippen molar-refractivity contribution in [1.82, 2.24) is 10.3 Å². The van der Waals surface area contributed by atoms with E-state index in [0.29, 0.717) is 12.4 Å². The van der Waals surface area contributed by atoms with Crippen molar-refractivity contribution < 1.29 is 9.13 Å². The Bertz CT molecular complexity index is 516. The van der Waals surface area contributed by atoms with Crippen LogP contribution in [-0.4, -0.2) is 17.6 Å². The van der Waals surface area contributed by atoms with E-state index >= 15 is 0 Å². The summed E-state index contributed by atoms with van der Waals surface area (Å²) in [6.45, 7) is 4.66. The molecular weight excluding hydrogens is 255 g/mol. The summed E-state index contributed by atoms with van der Waals surface area (Å²) in [6, 6.07) is 10.4. The van der Waals surface area contributed by atoms with Gasteiger partial charge in [-0.1, -0.05) is 6.07 Å². The standard InChI is InChI=1S/C16H19FN2O/c1-12(11-20-16-7-5-15(17)6-8-16)19-13(2)14-4-3-9-18-10-14/h3-10,12-13,19H,11H2,1-2H3/t12-,13+/m1/s1. The van der Waals surface area contributed by atoms with Crippen molar-refractivity contribution in [3.05, 3.63) is 60.2 Å². The molecule has 2 aromatic rings. The number of aromatic nitrogens is 1. The molecule has 0 bridgehead atoms. The molecule has 0 spiro atoms. The van der Waals surface area contributed by atoms with Gasteiger partial charge in [-0.3, -0.25) is 4.98 Å². The third-order valence-electron chi connectivity index (χ3n) is 3.03. The van der Waals surface area contributed by atoms with Crippen molar-refractivity contribution in [3.63, 3.8) is 0 Å². The maximum Gasteiger partial charge on any atom is 0.123 e. The molecule has 3 nitrogen and oxygen atoms in total. The average molecular weight is 274 g/mol. The highest BCUT2D eigenvalue weighted by Crippen LogP contribution is 2.13. The van der Waals surface area contributed by atoms with E-state index in [9.17, 15) is 4.39 Å². The molecule has 0 aliphatic carbocycles. The molecule has 0 aliphatic rings. The Labute approximate surface area is 118 Å². The normalized spacial score (nSPS) is 13.8. The second-order valence-electron chi connectivity index (χ2n) is 4.84. The molecule has 0 unspecified atom stereocenters. The zero-order chi connectivity index (χ0) is 14.4. The van der Waals surface area contributed by atoms with E-state index in [1.807, 2.05) is 18.3 Å². The van der Waals surface area contributed by atoms with Crippen LogP contribution in [0.4, 0.5) is 4.39 Å². The molecule has 2 rings (SSSR count). The Kier molecular flexibility index (Phi) is 5.07. The minimum Gasteiger partial charge on any atom is -0.492 e. The van der Waals surface area contributed by atoms with Gasteiger partial charge >= 0.3 is 0 Å². The predicted octanol–water partition coefficient (Wildman–Crippen LogP) is 3.34. The average Bonchev–Trinajstić information content (AvgIpc) is 2.47. The lowest BCUT2D eigenvalue weighted by atomic mass is 10.1. The lowest BCUT2D eigenvalue weighted by Gasteiger charge is -2.20. The van der Waals surface area contributed by atoms with Crippen LogP contribution in [0.2, 0.25) is 0 Å². The smallest absolute Gasteiger partial charge is 0.123 e. The quantitative estimate of drug-likeness (QED) is 0.877. The van der Waals surface area contributed by atoms with Crippen molar-refractivity contribution in [3.8, 4) is 5.75 Å². The molecular formula is C16H19FN2O. The second-order valence-corrected chi connectivity index (χ2v) is 4.84. The predicted molar refractivity (Wildman–Crippen MR) is 77.1 cm³/mol. The zero-order valence-corrected chi connectivity index (χ0v) is 11.7. The Hall–Kier alpha value is -1.94. The monoisotopic (exact) mass is 274 g/mol. The summed E-state index contributed by atoms with van der Waals surface area (Å²) in [5, 5.41) is 3.44. The van der Waals surface area contributed by atoms with Gasteiger partial charge in [0.05, 0.1) is 0 Å². The number of hydrogen-bond acceptors (Lipinski definition) is 3. The number of halogens is 1. The number of rotatable bonds is 6. The number of benzene rings is 1. The van der Waals surface area contributed by atoms with E-state index < -0.39 is 0 Å². The molecule has 2 atom stereocenters. The summed E-state index contributed by atoms with van der Waals surface area (Å²) in [4.78, 5) is 4.11. The molecule has 1 N–H and O–H groups in total. The van der Waals surface area contributed by atoms with Crippen molar-refractivity contribution in [2.45, 2.75) is 25.9 Å². The fraction of sp³-hybridized carbons (Fsp3) is 0.312. The third kappa shape index (κ3) is 4.31. The molecule has 106 valence electrons. The first-order valence-corrected chi connectivity index (χ1v) is 6.69. The van der Waals surface area contributed by atoms with E-state index in [-0.39, 0.29) is 17.9 Å². The molecule has 0 saturated carbocycles. The van der Waals surface area contributed by atoms with Crippen LogP contribution in [0.3, 0.4) is 0 Å². The van der Waals surface area contributed by atoms with Gasteiger partial charge in [-0.05, 0) is 49.7 Å². The first-order chi connectivity index (χ1) is 9.65. The second kappa shape index (κ2) is 7.01. The van der Waals surface area contributed by atoms with Gasteiger partial charge in [0.2, 0.25) is 0 Å². The van der Waals surface area contributed by atoms with Crippen LogP contribution in [0.15, 0.2) is 48.8 Å². The van der Waals surface area contributed by atoms with Gasteiger partial charge in [-0.15, -0.1) is 0 Å². The summed E-state index contributed by atoms with van der Waals surface area (Å²) in [5.74, 6) is 0.419. The lowest BCUT2D eigenvalue weighted by Crippen LogP contribution is -2.33. The van der Waals surface area contributed by atoms with Gasteiger partial charge in [0, 0.05) is 24.5 Å². The molecule has 1 aromatic carbocycles. The number of nitrogens with zero attached hydrogens (tertiary/aromatic N) is 1. The number of hydrogen-bond donors (Lipinski definition) is 1. The molecule has 1 heterocycles. The molecule has 1 aromatic heterocycles. The van der Waals surface area contributed by atoms with Gasteiger partial charge in [0.15, 0.2) is 0 Å². The highest BCUT2D eigenvalue weighted by Gasteiger charge is 2.10. The van der Waals surface area contributed by atoms with Crippen LogP contribution in [0.25, 0.3) is 0 Å². The SMILES string of the molecule is C[C@H](COc1ccc(F)cc1)N[C@@H](C)c1cccnc1. The third-order valence-corrected chi connectivity index (χ3v) is 3.03. The van der Waals surface area contributed by atoms with Crippen molar-refractivity contribution >= 4 is 0 Å². The maximum atomic E-state index is 12.8. The van der Waals surface area contributed by atoms with E-state index in [2.05, 4.69) is 24.1 Å². The van der Waals surface area contributed by atoms with Crippen LogP contribution in [0, 0.1) is 5.82 Å². The molecule has 20 heavy (non-hydrogen) atoms. The first-order valence-electron chi connectivity index (χ1n) is 6.69. The maximum absolute atomic E-state index is 12.8. The lowest BCUT2D eigenvalue weighted by molar-refractivity contribution is 0.263. The van der Waals surface area contributed by atoms with E-state index in [0.717, 1.165) is 5.56 Å². The highest BCUT2D eigenvalue weighted by molar-refractivity contribution is 5.22. The minimum atomic E-state index is -0.256. The first kappa shape index (κ1) is 14.5. The summed E-state index contributed by atoms with van der Waals surface area (Å²) in [5.41, 5.74) is 1.14. The van der Waals surface area contributed by atoms with Gasteiger partial charge in [0.1, 0.15) is 18.2 Å². The highest BCUT2D eigenvalue weighted by atomic mass is 19.1. The fourth-order valence-electron chi connectivity index (χ4n) is 1.96. The minimum absolute atomic E-state index is 0.176. The summed E-state index contributed by atoms with van der Waals surface area (Å²) < 4.78 is 18.4. The molecule has 4 heteroatoms. The van der Waals surface area contributed by atoms with Crippen LogP contribution >= 0.6 is 0 Å². The Balaban J connectivity index is 1.80. The molecule has 0 aliphatic heterocycles. The Morgan fingerprint density at radius 1 is 1.20 bits per heavy atom. The Morgan fingerprint density at radius 2 is 1.95 bits per heavy atom. The van der Waals surface area contributed by atoms with Crippen LogP contribution in [0.1, 0.15) is 25.5 Å². The van der Waals surface area contributed by atoms with Gasteiger partial charge in [-0.2, -0.15) is 0 Å². The molecule has 0 radical (unpaired) electrons. The summed E-state index contributed by atoms with van der Waals surface area (Å²) in [6.07, 6.45) is 3.61. The summed E-state index contributed by atoms with van der Waals surface area (Å²) in [7, 11) is 0. The van der Waals surface area contributed by atoms with Crippen molar-refractivity contribution in [2.75, 3.05) is 6.61 Å². The van der Waals surface area contributed by atoms with Crippen LogP contribution in [0.5, 0.6) is 5.75 Å². The largest absolute Gasteiger partial charge is 0.492 e. The Morgan fingerprint density at radius 3 is 2.60 bits per heavy atom. The number of pyridine rings is 1. The van der Waals surface area contributed by atoms with Gasteiger partial charge in [-0.25, -0.2) is 4.39 Å². The van der Waals surface area contributed by atoms with Gasteiger partial charge < -0.3 is 10.1 Å². The topological polar surface area (TPSA) is 34.1 Å². The van der Waals surface area contributed by atoms with Crippen molar-refractivity contribution in [2.24, 2.45) is 0 Å². The molecule has 0 saturated heterocycles. The van der Waals surface area contributed by atoms with E-state index in [1.54, 1.807) is 18.3 Å². The number of ether oxygens (including phenoxy) is 1. The molecule has 0 fully saturated rings. The zero-order valence-electron chi connectivity index (χ0n) is 11.7. The van der Waals surface area contributed by atoms with Crippen LogP contribution < -0.4 is 10.1 Å². The van der Waals surface area contributed by atoms with E-state index in [4.69, 9.17) is 4.74 Å².